The summed E-state index contributed by atoms with van der Waals surface area (Å²) in [4.78, 5) is 38.9. The molecule has 2 heterocycles. The van der Waals surface area contributed by atoms with Crippen molar-refractivity contribution in [3.8, 4) is 11.5 Å². The molecule has 0 amide bonds. The van der Waals surface area contributed by atoms with E-state index in [0.29, 0.717) is 52.6 Å². The molecular weight excluding hydrogens is 528 g/mol. The van der Waals surface area contributed by atoms with Gasteiger partial charge < -0.3 is 24.3 Å². The van der Waals surface area contributed by atoms with E-state index >= 15 is 0 Å². The number of nitrogens with zero attached hydrogens (tertiary/aromatic N) is 1. The van der Waals surface area contributed by atoms with E-state index < -0.39 is 16.8 Å². The van der Waals surface area contributed by atoms with Crippen LogP contribution in [0.5, 0.6) is 11.5 Å². The van der Waals surface area contributed by atoms with Gasteiger partial charge in [0, 0.05) is 59.0 Å². The van der Waals surface area contributed by atoms with Crippen molar-refractivity contribution in [3.63, 3.8) is 0 Å². The molecule has 0 aromatic heterocycles. The number of aryl methyl sites for hydroxylation is 1. The Bertz CT molecular complexity index is 1450. The number of methoxy groups -OCH3 is 2. The van der Waals surface area contributed by atoms with E-state index in [4.69, 9.17) is 18.9 Å². The summed E-state index contributed by atoms with van der Waals surface area (Å²) in [5.74, 6) is -0.439. The van der Waals surface area contributed by atoms with Crippen molar-refractivity contribution < 1.29 is 33.5 Å². The third kappa shape index (κ3) is 5.56. The maximum atomic E-state index is 14.0. The molecule has 216 valence electrons. The lowest BCUT2D eigenvalue weighted by Gasteiger charge is -2.37. The highest BCUT2D eigenvalue weighted by atomic mass is 16.6. The molecule has 0 bridgehead atoms. The molecule has 5 rings (SSSR count). The van der Waals surface area contributed by atoms with Gasteiger partial charge >= 0.3 is 5.97 Å². The van der Waals surface area contributed by atoms with E-state index in [0.717, 1.165) is 18.4 Å². The van der Waals surface area contributed by atoms with Crippen LogP contribution in [-0.2, 0) is 19.1 Å². The number of nitro groups is 1. The van der Waals surface area contributed by atoms with Gasteiger partial charge in [-0.3, -0.25) is 14.9 Å². The maximum Gasteiger partial charge on any atom is 0.336 e. The Balaban J connectivity index is 1.56. The molecule has 41 heavy (non-hydrogen) atoms. The molecule has 2 aliphatic heterocycles. The number of nitro benzene ring substituents is 1. The number of nitrogens with one attached hydrogen (secondary N) is 1. The maximum absolute atomic E-state index is 14.0. The zero-order valence-electron chi connectivity index (χ0n) is 23.7. The van der Waals surface area contributed by atoms with Crippen molar-refractivity contribution in [2.75, 3.05) is 27.4 Å². The van der Waals surface area contributed by atoms with Crippen molar-refractivity contribution in [2.24, 2.45) is 0 Å². The number of benzene rings is 2. The number of allylic oxidation sites excluding steroid dienone is 3. The summed E-state index contributed by atoms with van der Waals surface area (Å²) in [7, 11) is 3.17. The largest absolute Gasteiger partial charge is 0.497 e. The summed E-state index contributed by atoms with van der Waals surface area (Å²) >= 11 is 0. The molecule has 10 heteroatoms. The molecule has 0 radical (unpaired) electrons. The summed E-state index contributed by atoms with van der Waals surface area (Å²) in [6.07, 6.45) is 2.20. The molecular formula is C31H34N2O8. The number of dihydropyridines is 1. The molecule has 2 aromatic rings. The van der Waals surface area contributed by atoms with Gasteiger partial charge in [-0.2, -0.15) is 0 Å². The van der Waals surface area contributed by atoms with E-state index in [2.05, 4.69) is 5.32 Å². The number of hydrogen-bond donors (Lipinski definition) is 1. The van der Waals surface area contributed by atoms with Crippen molar-refractivity contribution in [1.29, 1.82) is 0 Å². The lowest BCUT2D eigenvalue weighted by atomic mass is 9.71. The minimum atomic E-state index is -0.816. The number of rotatable bonds is 8. The fourth-order valence-electron chi connectivity index (χ4n) is 6.05. The van der Waals surface area contributed by atoms with Crippen LogP contribution in [0.4, 0.5) is 5.69 Å². The average Bonchev–Trinajstić information content (AvgIpc) is 3.48. The Morgan fingerprint density at radius 2 is 1.93 bits per heavy atom. The van der Waals surface area contributed by atoms with E-state index in [1.807, 2.05) is 12.1 Å². The van der Waals surface area contributed by atoms with Crippen molar-refractivity contribution >= 4 is 17.4 Å². The third-order valence-electron chi connectivity index (χ3n) is 8.11. The first-order valence-corrected chi connectivity index (χ1v) is 13.7. The van der Waals surface area contributed by atoms with Crippen molar-refractivity contribution in [2.45, 2.75) is 57.5 Å². The minimum Gasteiger partial charge on any atom is -0.497 e. The number of hydrogen-bond acceptors (Lipinski definition) is 9. The van der Waals surface area contributed by atoms with Gasteiger partial charge in [0.25, 0.3) is 5.69 Å². The molecule has 1 saturated heterocycles. The second-order valence-electron chi connectivity index (χ2n) is 10.7. The molecule has 1 N–H and O–H groups in total. The third-order valence-corrected chi connectivity index (χ3v) is 8.11. The van der Waals surface area contributed by atoms with E-state index in [9.17, 15) is 19.7 Å². The second kappa shape index (κ2) is 11.7. The van der Waals surface area contributed by atoms with Gasteiger partial charge in [-0.25, -0.2) is 4.79 Å². The molecule has 1 fully saturated rings. The van der Waals surface area contributed by atoms with Gasteiger partial charge in [0.05, 0.1) is 30.8 Å². The molecule has 0 saturated carbocycles. The molecule has 3 atom stereocenters. The number of ketones is 1. The number of carbonyl (C=O) groups excluding carboxylic acids is 2. The van der Waals surface area contributed by atoms with E-state index in [-0.39, 0.29) is 42.1 Å². The van der Waals surface area contributed by atoms with Crippen LogP contribution in [0.25, 0.3) is 0 Å². The molecule has 1 aliphatic carbocycles. The number of carbonyl (C=O) groups is 2. The van der Waals surface area contributed by atoms with Crippen LogP contribution in [0.1, 0.15) is 61.1 Å². The standard InChI is InChI=1S/C31H34N2O8/c1-17-7-8-19(13-25(17)33(36)37)29-28(31(35)41-16-22-6-5-11-40-22)18(2)32-24-12-20(14-26(34)30(24)29)23-15-21(38-3)9-10-27(23)39-4/h7-10,13,15,20,22,29,32H,5-6,11-12,14,16H2,1-4H3/t20-,22+,29-/m0/s1. The van der Waals surface area contributed by atoms with E-state index in [1.165, 1.54) is 6.07 Å². The van der Waals surface area contributed by atoms with Crippen LogP contribution >= 0.6 is 0 Å². The lowest BCUT2D eigenvalue weighted by molar-refractivity contribution is -0.385. The zero-order valence-corrected chi connectivity index (χ0v) is 23.7. The van der Waals surface area contributed by atoms with Gasteiger partial charge in [0.1, 0.15) is 18.1 Å². The number of esters is 1. The summed E-state index contributed by atoms with van der Waals surface area (Å²) in [6, 6.07) is 10.4. The average molecular weight is 563 g/mol. The lowest BCUT2D eigenvalue weighted by Crippen LogP contribution is -2.36. The van der Waals surface area contributed by atoms with Crippen molar-refractivity contribution in [1.82, 2.24) is 5.32 Å². The van der Waals surface area contributed by atoms with Gasteiger partial charge in [-0.1, -0.05) is 12.1 Å². The SMILES string of the molecule is COc1ccc(OC)c([C@@H]2CC(=O)C3=C(C2)NC(C)=C(C(=O)OC[C@H]2CCCO2)[C@@H]3c2ccc(C)c([N+](=O)[O-])c2)c1. The predicted octanol–water partition coefficient (Wildman–Crippen LogP) is 5.00. The van der Waals surface area contributed by atoms with Crippen LogP contribution in [0.15, 0.2) is 58.9 Å². The van der Waals surface area contributed by atoms with Gasteiger partial charge in [-0.05, 0) is 56.9 Å². The normalized spacial score (nSPS) is 22.2. The highest BCUT2D eigenvalue weighted by Crippen LogP contribution is 2.48. The van der Waals surface area contributed by atoms with Crippen LogP contribution in [0.3, 0.4) is 0 Å². The Labute approximate surface area is 238 Å². The molecule has 0 unspecified atom stereocenters. The highest BCUT2D eigenvalue weighted by molar-refractivity contribution is 6.04. The first-order valence-electron chi connectivity index (χ1n) is 13.7. The fourth-order valence-corrected chi connectivity index (χ4v) is 6.05. The molecule has 0 spiro atoms. The van der Waals surface area contributed by atoms with Crippen LogP contribution in [-0.4, -0.2) is 50.2 Å². The van der Waals surface area contributed by atoms with Crippen molar-refractivity contribution in [3.05, 3.63) is 85.7 Å². The van der Waals surface area contributed by atoms with E-state index in [1.54, 1.807) is 46.3 Å². The summed E-state index contributed by atoms with van der Waals surface area (Å²) in [5.41, 5.74) is 3.67. The quantitative estimate of drug-likeness (QED) is 0.269. The molecule has 10 nitrogen and oxygen atoms in total. The van der Waals surface area contributed by atoms with Crippen LogP contribution in [0, 0.1) is 17.0 Å². The van der Waals surface area contributed by atoms with Crippen LogP contribution in [0.2, 0.25) is 0 Å². The Morgan fingerprint density at radius 3 is 2.61 bits per heavy atom. The second-order valence-corrected chi connectivity index (χ2v) is 10.7. The van der Waals surface area contributed by atoms with Crippen LogP contribution < -0.4 is 14.8 Å². The highest BCUT2D eigenvalue weighted by Gasteiger charge is 2.42. The Kier molecular flexibility index (Phi) is 8.12. The summed E-state index contributed by atoms with van der Waals surface area (Å²) in [6.45, 7) is 4.16. The number of ether oxygens (including phenoxy) is 4. The Morgan fingerprint density at radius 1 is 1.12 bits per heavy atom. The smallest absolute Gasteiger partial charge is 0.336 e. The Hall–Kier alpha value is -4.18. The molecule has 2 aromatic carbocycles. The summed E-state index contributed by atoms with van der Waals surface area (Å²) < 4.78 is 22.3. The van der Waals surface area contributed by atoms with Gasteiger partial charge in [0.2, 0.25) is 0 Å². The topological polar surface area (TPSA) is 126 Å². The minimum absolute atomic E-state index is 0.0739. The van der Waals surface area contributed by atoms with Gasteiger partial charge in [-0.15, -0.1) is 0 Å². The first kappa shape index (κ1) is 28.4. The summed E-state index contributed by atoms with van der Waals surface area (Å²) in [5, 5.41) is 15.1. The monoisotopic (exact) mass is 562 g/mol. The first-order chi connectivity index (χ1) is 19.7. The number of Topliss-reactive ketones (excluding diaryl/α,β-unsaturated/α-hetero) is 1. The fraction of sp³-hybridized carbons (Fsp3) is 0.419. The predicted molar refractivity (Wildman–Crippen MR) is 150 cm³/mol. The molecule has 3 aliphatic rings. The van der Waals surface area contributed by atoms with Gasteiger partial charge in [0.15, 0.2) is 5.78 Å². The zero-order chi connectivity index (χ0) is 29.3.